The first-order valence-corrected chi connectivity index (χ1v) is 5.72. The minimum atomic E-state index is -5.22. The number of rotatable bonds is 4. The van der Waals surface area contributed by atoms with Gasteiger partial charge in [0.15, 0.2) is 0 Å². The number of hydrogen-bond donors (Lipinski definition) is 1. The maximum atomic E-state index is 11.8. The molecule has 0 aromatic carbocycles. The molecule has 0 saturated carbocycles. The third kappa shape index (κ3) is 3.81. The van der Waals surface area contributed by atoms with E-state index in [9.17, 15) is 26.4 Å². The van der Waals surface area contributed by atoms with Gasteiger partial charge in [0.05, 0.1) is 0 Å². The molecule has 0 aromatic rings. The molecule has 4 nitrogen and oxygen atoms in total. The maximum absolute atomic E-state index is 11.8. The van der Waals surface area contributed by atoms with Crippen molar-refractivity contribution < 1.29 is 26.4 Å². The molecule has 0 fully saturated rings. The van der Waals surface area contributed by atoms with Crippen LogP contribution in [-0.2, 0) is 13.8 Å². The predicted molar refractivity (Wildman–Crippen MR) is 43.3 cm³/mol. The van der Waals surface area contributed by atoms with Crippen LogP contribution in [0.15, 0.2) is 0 Å². The zero-order valence-corrected chi connectivity index (χ0v) is 8.29. The number of alkyl halides is 3. The average molecular weight is 254 g/mol. The van der Waals surface area contributed by atoms with Crippen LogP contribution in [0.5, 0.6) is 0 Å². The van der Waals surface area contributed by atoms with Crippen molar-refractivity contribution in [3.63, 3.8) is 0 Å². The summed E-state index contributed by atoms with van der Waals surface area (Å²) < 4.78 is 56.7. The number of halogens is 4. The molecule has 0 amide bonds. The molecule has 0 aliphatic heterocycles. The topological polar surface area (TPSA) is 77.2 Å². The Balaban J connectivity index is 4.96. The minimum absolute atomic E-state index is 0.377. The fourth-order valence-electron chi connectivity index (χ4n) is 0.734. The van der Waals surface area contributed by atoms with Crippen LogP contribution in [0.3, 0.4) is 0 Å². The Hall–Kier alpha value is -0.340. The first-order chi connectivity index (χ1) is 6.10. The number of nitrogens with two attached hydrogens (primary N) is 1. The summed E-state index contributed by atoms with van der Waals surface area (Å²) in [4.78, 5) is 10.6. The third-order valence-electron chi connectivity index (χ3n) is 1.34. The lowest BCUT2D eigenvalue weighted by Gasteiger charge is -2.12. The van der Waals surface area contributed by atoms with Crippen molar-refractivity contribution in [2.45, 2.75) is 17.8 Å². The molecule has 0 saturated heterocycles. The lowest BCUT2D eigenvalue weighted by Crippen LogP contribution is -2.39. The van der Waals surface area contributed by atoms with Gasteiger partial charge in [0.1, 0.15) is 5.25 Å². The highest BCUT2D eigenvalue weighted by Crippen LogP contribution is 2.24. The summed E-state index contributed by atoms with van der Waals surface area (Å²) in [5, 5.41) is -2.31. The number of Topliss-reactive ketones (excluding diaryl/α,β-unsaturated/α-hetero) is 1. The molecule has 0 spiro atoms. The van der Waals surface area contributed by atoms with E-state index in [0.29, 0.717) is 0 Å². The van der Waals surface area contributed by atoms with Crippen LogP contribution in [0.1, 0.15) is 6.42 Å². The second-order valence-electron chi connectivity index (χ2n) is 2.40. The third-order valence-corrected chi connectivity index (χ3v) is 3.12. The minimum Gasteiger partial charge on any atom is -0.330 e. The first kappa shape index (κ1) is 13.7. The lowest BCUT2D eigenvalue weighted by molar-refractivity contribution is -0.170. The monoisotopic (exact) mass is 253 g/mol. The number of hydrogen-bond acceptors (Lipinski definition) is 4. The molecule has 9 heteroatoms. The zero-order valence-electron chi connectivity index (χ0n) is 6.71. The van der Waals surface area contributed by atoms with Crippen molar-refractivity contribution in [3.8, 4) is 0 Å². The van der Waals surface area contributed by atoms with E-state index in [1.807, 2.05) is 0 Å². The van der Waals surface area contributed by atoms with Crippen LogP contribution in [0.2, 0.25) is 0 Å². The fraction of sp³-hybridized carbons (Fsp3) is 0.800. The van der Waals surface area contributed by atoms with E-state index in [-0.39, 0.29) is 6.54 Å². The SMILES string of the molecule is NCCC(C(=O)C(F)(F)F)S(=O)(=O)Cl. The van der Waals surface area contributed by atoms with Crippen molar-refractivity contribution >= 4 is 25.5 Å². The maximum Gasteiger partial charge on any atom is 0.451 e. The predicted octanol–water partition coefficient (Wildman–Crippen LogP) is 0.404. The Morgan fingerprint density at radius 3 is 2.07 bits per heavy atom. The van der Waals surface area contributed by atoms with Gasteiger partial charge >= 0.3 is 6.18 Å². The lowest BCUT2D eigenvalue weighted by atomic mass is 10.2. The summed E-state index contributed by atoms with van der Waals surface area (Å²) in [6.45, 7) is -0.377. The van der Waals surface area contributed by atoms with Crippen molar-refractivity contribution in [1.29, 1.82) is 0 Å². The summed E-state index contributed by atoms with van der Waals surface area (Å²) in [7, 11) is 0.0879. The van der Waals surface area contributed by atoms with Crippen LogP contribution >= 0.6 is 10.7 Å². The molecule has 1 atom stereocenters. The number of carbonyl (C=O) groups is 1. The smallest absolute Gasteiger partial charge is 0.330 e. The van der Waals surface area contributed by atoms with Crippen LogP contribution in [0, 0.1) is 0 Å². The molecule has 1 unspecified atom stereocenters. The normalized spacial score (nSPS) is 15.2. The van der Waals surface area contributed by atoms with Gasteiger partial charge in [0, 0.05) is 10.7 Å². The standard InChI is InChI=1S/C5H7ClF3NO3S/c6-14(12,13)3(1-2-10)4(11)5(7,8)9/h3H,1-2,10H2. The zero-order chi connectivity index (χ0) is 11.6. The summed E-state index contributed by atoms with van der Waals surface area (Å²) in [5.74, 6) is -2.39. The Morgan fingerprint density at radius 2 is 1.86 bits per heavy atom. The van der Waals surface area contributed by atoms with Gasteiger partial charge in [0.25, 0.3) is 5.78 Å². The first-order valence-electron chi connectivity index (χ1n) is 3.35. The molecule has 2 N–H and O–H groups in total. The van der Waals surface area contributed by atoms with Crippen molar-refractivity contribution in [1.82, 2.24) is 0 Å². The summed E-state index contributed by atoms with van der Waals surface area (Å²) in [6, 6.07) is 0. The number of carbonyl (C=O) groups excluding carboxylic acids is 1. The van der Waals surface area contributed by atoms with Crippen LogP contribution in [-0.4, -0.2) is 32.2 Å². The van der Waals surface area contributed by atoms with E-state index in [1.165, 1.54) is 0 Å². The van der Waals surface area contributed by atoms with Gasteiger partial charge in [-0.05, 0) is 13.0 Å². The van der Waals surface area contributed by atoms with E-state index in [4.69, 9.17) is 5.73 Å². The van der Waals surface area contributed by atoms with E-state index in [1.54, 1.807) is 0 Å². The van der Waals surface area contributed by atoms with E-state index < -0.39 is 32.7 Å². The summed E-state index contributed by atoms with van der Waals surface area (Å²) in [5.41, 5.74) is 4.86. The van der Waals surface area contributed by atoms with Crippen molar-refractivity contribution in [2.75, 3.05) is 6.54 Å². The number of ketones is 1. The van der Waals surface area contributed by atoms with Crippen LogP contribution in [0.4, 0.5) is 13.2 Å². The Kier molecular flexibility index (Phi) is 4.34. The van der Waals surface area contributed by atoms with Crippen LogP contribution in [0.25, 0.3) is 0 Å². The van der Waals surface area contributed by atoms with Crippen molar-refractivity contribution in [3.05, 3.63) is 0 Å². The largest absolute Gasteiger partial charge is 0.451 e. The van der Waals surface area contributed by atoms with Gasteiger partial charge < -0.3 is 5.73 Å². The highest BCUT2D eigenvalue weighted by Gasteiger charge is 2.47. The molecule has 0 radical (unpaired) electrons. The quantitative estimate of drug-likeness (QED) is 0.736. The van der Waals surface area contributed by atoms with Crippen molar-refractivity contribution in [2.24, 2.45) is 5.73 Å². The van der Waals surface area contributed by atoms with E-state index in [0.717, 1.165) is 0 Å². The van der Waals surface area contributed by atoms with Crippen LogP contribution < -0.4 is 5.73 Å². The molecule has 0 aliphatic rings. The van der Waals surface area contributed by atoms with Gasteiger partial charge in [-0.2, -0.15) is 13.2 Å². The highest BCUT2D eigenvalue weighted by atomic mass is 35.7. The fourth-order valence-corrected chi connectivity index (χ4v) is 2.05. The Labute approximate surface area is 82.6 Å². The molecule has 0 rings (SSSR count). The average Bonchev–Trinajstić information content (AvgIpc) is 1.94. The summed E-state index contributed by atoms with van der Waals surface area (Å²) in [6.07, 6.45) is -5.87. The van der Waals surface area contributed by atoms with Gasteiger partial charge in [-0.15, -0.1) is 0 Å². The Bertz CT molecular complexity index is 313. The van der Waals surface area contributed by atoms with Gasteiger partial charge in [0.2, 0.25) is 9.05 Å². The van der Waals surface area contributed by atoms with Gasteiger partial charge in [-0.25, -0.2) is 8.42 Å². The second kappa shape index (κ2) is 4.45. The molecular formula is C5H7ClF3NO3S. The molecule has 0 heterocycles. The second-order valence-corrected chi connectivity index (χ2v) is 5.21. The van der Waals surface area contributed by atoms with E-state index in [2.05, 4.69) is 10.7 Å². The van der Waals surface area contributed by atoms with Gasteiger partial charge in [-0.3, -0.25) is 4.79 Å². The molecule has 14 heavy (non-hydrogen) atoms. The molecule has 0 aliphatic carbocycles. The molecule has 84 valence electrons. The summed E-state index contributed by atoms with van der Waals surface area (Å²) >= 11 is 0. The molecule has 0 aromatic heterocycles. The van der Waals surface area contributed by atoms with E-state index >= 15 is 0 Å². The highest BCUT2D eigenvalue weighted by molar-refractivity contribution is 8.14. The molecule has 0 bridgehead atoms. The molecular weight excluding hydrogens is 247 g/mol. The van der Waals surface area contributed by atoms with Gasteiger partial charge in [-0.1, -0.05) is 0 Å². The Morgan fingerprint density at radius 1 is 1.43 bits per heavy atom.